The van der Waals surface area contributed by atoms with Crippen LogP contribution in [0.15, 0.2) is 48.5 Å². The smallest absolute Gasteiger partial charge is 0.321 e. The van der Waals surface area contributed by atoms with Gasteiger partial charge >= 0.3 is 6.03 Å². The number of piperidine rings is 1. The van der Waals surface area contributed by atoms with Crippen LogP contribution in [0.4, 0.5) is 15.6 Å². The lowest BCUT2D eigenvalue weighted by Crippen LogP contribution is -2.45. The number of benzene rings is 2. The lowest BCUT2D eigenvalue weighted by molar-refractivity contribution is -0.121. The number of nitrogens with zero attached hydrogens (tertiary/aromatic N) is 2. The van der Waals surface area contributed by atoms with Crippen molar-refractivity contribution in [3.63, 3.8) is 0 Å². The zero-order valence-electron chi connectivity index (χ0n) is 19.1. The molecule has 2 N–H and O–H groups in total. The highest BCUT2D eigenvalue weighted by Gasteiger charge is 2.29. The first-order chi connectivity index (χ1) is 15.9. The molecule has 33 heavy (non-hydrogen) atoms. The summed E-state index contributed by atoms with van der Waals surface area (Å²) < 4.78 is 5.22. The van der Waals surface area contributed by atoms with E-state index in [1.807, 2.05) is 62.4 Å². The first-order valence-corrected chi connectivity index (χ1v) is 11.8. The SMILES string of the molecule is COc1ccc(-c2nc(NC(=O)C3CCCN(C(=O)Nc4cccc(C)c4)C3)sc2C)cc1. The van der Waals surface area contributed by atoms with Crippen molar-refractivity contribution < 1.29 is 14.3 Å². The number of rotatable bonds is 5. The second-order valence-corrected chi connectivity index (χ2v) is 9.43. The Hall–Kier alpha value is -3.39. The number of urea groups is 1. The minimum absolute atomic E-state index is 0.0990. The number of thiazole rings is 1. The second kappa shape index (κ2) is 10.0. The van der Waals surface area contributed by atoms with Crippen LogP contribution in [-0.4, -0.2) is 42.0 Å². The summed E-state index contributed by atoms with van der Waals surface area (Å²) in [5, 5.41) is 6.48. The van der Waals surface area contributed by atoms with E-state index in [0.717, 1.165) is 46.0 Å². The molecule has 0 radical (unpaired) electrons. The number of aryl methyl sites for hydroxylation is 2. The van der Waals surface area contributed by atoms with E-state index in [4.69, 9.17) is 4.74 Å². The Labute approximate surface area is 197 Å². The van der Waals surface area contributed by atoms with Crippen molar-refractivity contribution in [3.05, 3.63) is 59.0 Å². The number of hydrogen-bond donors (Lipinski definition) is 2. The van der Waals surface area contributed by atoms with E-state index in [9.17, 15) is 9.59 Å². The number of ether oxygens (including phenoxy) is 1. The molecule has 0 bridgehead atoms. The molecule has 172 valence electrons. The van der Waals surface area contributed by atoms with Gasteiger partial charge in [0.2, 0.25) is 5.91 Å². The Morgan fingerprint density at radius 2 is 1.91 bits per heavy atom. The molecule has 1 aliphatic rings. The third kappa shape index (κ3) is 5.51. The molecule has 1 atom stereocenters. The molecule has 3 amide bonds. The van der Waals surface area contributed by atoms with E-state index in [2.05, 4.69) is 15.6 Å². The summed E-state index contributed by atoms with van der Waals surface area (Å²) in [6, 6.07) is 15.2. The topological polar surface area (TPSA) is 83.6 Å². The number of aromatic nitrogens is 1. The summed E-state index contributed by atoms with van der Waals surface area (Å²) in [6.45, 7) is 5.00. The third-order valence-corrected chi connectivity index (χ3v) is 6.63. The highest BCUT2D eigenvalue weighted by Crippen LogP contribution is 2.32. The zero-order chi connectivity index (χ0) is 23.4. The van der Waals surface area contributed by atoms with E-state index in [-0.39, 0.29) is 17.9 Å². The lowest BCUT2D eigenvalue weighted by Gasteiger charge is -2.31. The largest absolute Gasteiger partial charge is 0.497 e. The van der Waals surface area contributed by atoms with Gasteiger partial charge in [0.1, 0.15) is 5.75 Å². The maximum absolute atomic E-state index is 13.0. The van der Waals surface area contributed by atoms with Crippen molar-refractivity contribution in [2.45, 2.75) is 26.7 Å². The molecule has 8 heteroatoms. The molecule has 0 spiro atoms. The summed E-state index contributed by atoms with van der Waals surface area (Å²) in [4.78, 5) is 33.1. The molecule has 1 saturated heterocycles. The van der Waals surface area contributed by atoms with Gasteiger partial charge in [-0.3, -0.25) is 4.79 Å². The van der Waals surface area contributed by atoms with E-state index in [1.165, 1.54) is 11.3 Å². The van der Waals surface area contributed by atoms with Crippen molar-refractivity contribution in [1.29, 1.82) is 0 Å². The van der Waals surface area contributed by atoms with Crippen molar-refractivity contribution in [2.75, 3.05) is 30.8 Å². The first-order valence-electron chi connectivity index (χ1n) is 11.0. The number of nitrogens with one attached hydrogen (secondary N) is 2. The second-order valence-electron chi connectivity index (χ2n) is 8.23. The molecule has 4 rings (SSSR count). The number of likely N-dealkylation sites (tertiary alicyclic amines) is 1. The summed E-state index contributed by atoms with van der Waals surface area (Å²) in [5.74, 6) is 0.419. The fourth-order valence-corrected chi connectivity index (χ4v) is 4.81. The van der Waals surface area contributed by atoms with Gasteiger partial charge in [-0.15, -0.1) is 11.3 Å². The van der Waals surface area contributed by atoms with Crippen LogP contribution in [0.1, 0.15) is 23.3 Å². The molecule has 1 aliphatic heterocycles. The molecule has 2 aromatic carbocycles. The van der Waals surface area contributed by atoms with E-state index in [1.54, 1.807) is 12.0 Å². The van der Waals surface area contributed by atoms with E-state index in [0.29, 0.717) is 18.2 Å². The Bertz CT molecular complexity index is 1140. The molecule has 7 nitrogen and oxygen atoms in total. The van der Waals surface area contributed by atoms with Gasteiger partial charge < -0.3 is 20.3 Å². The van der Waals surface area contributed by atoms with Crippen LogP contribution >= 0.6 is 11.3 Å². The fourth-order valence-electron chi connectivity index (χ4n) is 3.98. The molecular formula is C25H28N4O3S. The first kappa shape index (κ1) is 22.8. The van der Waals surface area contributed by atoms with Crippen LogP contribution in [0.25, 0.3) is 11.3 Å². The predicted molar refractivity (Wildman–Crippen MR) is 132 cm³/mol. The quantitative estimate of drug-likeness (QED) is 0.535. The minimum atomic E-state index is -0.268. The Kier molecular flexibility index (Phi) is 6.93. The monoisotopic (exact) mass is 464 g/mol. The summed E-state index contributed by atoms with van der Waals surface area (Å²) >= 11 is 1.45. The summed E-state index contributed by atoms with van der Waals surface area (Å²) in [5.41, 5.74) is 3.66. The van der Waals surface area contributed by atoms with Gasteiger partial charge in [-0.05, 0) is 68.7 Å². The van der Waals surface area contributed by atoms with Crippen LogP contribution in [-0.2, 0) is 4.79 Å². The Morgan fingerprint density at radius 1 is 1.12 bits per heavy atom. The number of amides is 3. The van der Waals surface area contributed by atoms with Gasteiger partial charge in [0.15, 0.2) is 5.13 Å². The average molecular weight is 465 g/mol. The number of hydrogen-bond acceptors (Lipinski definition) is 5. The highest BCUT2D eigenvalue weighted by molar-refractivity contribution is 7.16. The molecule has 0 saturated carbocycles. The van der Waals surface area contributed by atoms with Crippen LogP contribution in [0.5, 0.6) is 5.75 Å². The fraction of sp³-hybridized carbons (Fsp3) is 0.320. The Balaban J connectivity index is 1.38. The van der Waals surface area contributed by atoms with Gasteiger partial charge in [-0.25, -0.2) is 9.78 Å². The molecular weight excluding hydrogens is 436 g/mol. The Morgan fingerprint density at radius 3 is 2.64 bits per heavy atom. The van der Waals surface area contributed by atoms with Gasteiger partial charge in [-0.2, -0.15) is 0 Å². The van der Waals surface area contributed by atoms with Crippen LogP contribution in [0.2, 0.25) is 0 Å². The maximum Gasteiger partial charge on any atom is 0.321 e. The molecule has 1 fully saturated rings. The molecule has 1 unspecified atom stereocenters. The predicted octanol–water partition coefficient (Wildman–Crippen LogP) is 5.32. The molecule has 3 aromatic rings. The number of methoxy groups -OCH3 is 1. The third-order valence-electron chi connectivity index (χ3n) is 5.74. The van der Waals surface area contributed by atoms with Crippen molar-refractivity contribution in [2.24, 2.45) is 5.92 Å². The molecule has 1 aromatic heterocycles. The van der Waals surface area contributed by atoms with Gasteiger partial charge in [0.25, 0.3) is 0 Å². The highest BCUT2D eigenvalue weighted by atomic mass is 32.1. The standard InChI is InChI=1S/C25H28N4O3S/c1-16-6-4-8-20(14-16)26-25(31)29-13-5-7-19(15-29)23(30)28-24-27-22(17(2)33-24)18-9-11-21(32-3)12-10-18/h4,6,8-12,14,19H,5,7,13,15H2,1-3H3,(H,26,31)(H,27,28,30). The maximum atomic E-state index is 13.0. The molecule has 2 heterocycles. The number of anilines is 2. The summed E-state index contributed by atoms with van der Waals surface area (Å²) in [6.07, 6.45) is 1.53. The van der Waals surface area contributed by atoms with Crippen LogP contribution in [0.3, 0.4) is 0 Å². The van der Waals surface area contributed by atoms with E-state index < -0.39 is 0 Å². The number of carbonyl (C=O) groups excluding carboxylic acids is 2. The lowest BCUT2D eigenvalue weighted by atomic mass is 9.97. The zero-order valence-corrected chi connectivity index (χ0v) is 19.9. The molecule has 0 aliphatic carbocycles. The van der Waals surface area contributed by atoms with Gasteiger partial charge in [0.05, 0.1) is 18.7 Å². The van der Waals surface area contributed by atoms with Gasteiger partial charge in [0, 0.05) is 29.2 Å². The van der Waals surface area contributed by atoms with Gasteiger partial charge in [-0.1, -0.05) is 12.1 Å². The minimum Gasteiger partial charge on any atom is -0.497 e. The summed E-state index contributed by atoms with van der Waals surface area (Å²) in [7, 11) is 1.63. The average Bonchev–Trinajstić information content (AvgIpc) is 3.19. The van der Waals surface area contributed by atoms with Crippen molar-refractivity contribution in [1.82, 2.24) is 9.88 Å². The normalized spacial score (nSPS) is 15.7. The number of carbonyl (C=O) groups is 2. The van der Waals surface area contributed by atoms with Crippen LogP contribution in [0, 0.1) is 19.8 Å². The van der Waals surface area contributed by atoms with Crippen molar-refractivity contribution >= 4 is 34.1 Å². The van der Waals surface area contributed by atoms with E-state index >= 15 is 0 Å². The van der Waals surface area contributed by atoms with Crippen LogP contribution < -0.4 is 15.4 Å². The van der Waals surface area contributed by atoms with Crippen molar-refractivity contribution in [3.8, 4) is 17.0 Å².